The van der Waals surface area contributed by atoms with Gasteiger partial charge in [-0.2, -0.15) is 11.8 Å². The van der Waals surface area contributed by atoms with Crippen LogP contribution in [0.25, 0.3) is 0 Å². The Kier molecular flexibility index (Phi) is 6.33. The quantitative estimate of drug-likeness (QED) is 0.580. The van der Waals surface area contributed by atoms with E-state index in [2.05, 4.69) is 23.8 Å². The van der Waals surface area contributed by atoms with Crippen LogP contribution in [0, 0.1) is 0 Å². The highest BCUT2D eigenvalue weighted by atomic mass is 35.5. The monoisotopic (exact) mass is 398 g/mol. The average Bonchev–Trinajstić information content (AvgIpc) is 2.57. The van der Waals surface area contributed by atoms with Gasteiger partial charge in [0.25, 0.3) is 5.56 Å². The molecular formula is C17H19ClN2O3S2. The SMILES string of the molecule is CC(C)SCc1cc(=O)[nH]c(SCc2cc(Cl)cc3c2OCOC3)n1. The van der Waals surface area contributed by atoms with E-state index >= 15 is 0 Å². The molecule has 2 heterocycles. The molecule has 1 aromatic heterocycles. The van der Waals surface area contributed by atoms with Gasteiger partial charge >= 0.3 is 0 Å². The molecule has 0 spiro atoms. The van der Waals surface area contributed by atoms with Gasteiger partial charge in [0, 0.05) is 33.7 Å². The third-order valence-corrected chi connectivity index (χ3v) is 5.72. The fourth-order valence-corrected chi connectivity index (χ4v) is 4.16. The first-order chi connectivity index (χ1) is 12.0. The van der Waals surface area contributed by atoms with Gasteiger partial charge in [-0.3, -0.25) is 4.79 Å². The molecule has 3 rings (SSSR count). The fraction of sp³-hybridized carbons (Fsp3) is 0.412. The Balaban J connectivity index is 1.76. The van der Waals surface area contributed by atoms with Crippen molar-refractivity contribution in [1.82, 2.24) is 9.97 Å². The van der Waals surface area contributed by atoms with E-state index in [1.165, 1.54) is 11.8 Å². The molecule has 0 radical (unpaired) electrons. The Bertz CT molecular complexity index is 811. The minimum Gasteiger partial charge on any atom is -0.467 e. The summed E-state index contributed by atoms with van der Waals surface area (Å²) in [4.78, 5) is 19.2. The van der Waals surface area contributed by atoms with Crippen molar-refractivity contribution < 1.29 is 9.47 Å². The molecule has 0 unspecified atom stereocenters. The molecule has 25 heavy (non-hydrogen) atoms. The van der Waals surface area contributed by atoms with Crippen molar-refractivity contribution in [3.05, 3.63) is 50.4 Å². The largest absolute Gasteiger partial charge is 0.467 e. The number of thioether (sulfide) groups is 2. The molecule has 134 valence electrons. The van der Waals surface area contributed by atoms with Crippen molar-refractivity contribution in [2.45, 2.75) is 42.4 Å². The maximum Gasteiger partial charge on any atom is 0.251 e. The number of rotatable bonds is 6. The molecule has 2 aromatic rings. The van der Waals surface area contributed by atoms with Gasteiger partial charge in [0.05, 0.1) is 12.3 Å². The summed E-state index contributed by atoms with van der Waals surface area (Å²) in [6, 6.07) is 5.30. The first kappa shape index (κ1) is 18.6. The Morgan fingerprint density at radius 2 is 2.16 bits per heavy atom. The molecule has 0 saturated heterocycles. The minimum atomic E-state index is -0.130. The van der Waals surface area contributed by atoms with Gasteiger partial charge in [-0.1, -0.05) is 37.2 Å². The normalized spacial score (nSPS) is 13.6. The molecule has 0 saturated carbocycles. The Morgan fingerprint density at radius 3 is 2.96 bits per heavy atom. The summed E-state index contributed by atoms with van der Waals surface area (Å²) >= 11 is 9.41. The number of H-pyrrole nitrogens is 1. The van der Waals surface area contributed by atoms with Gasteiger partial charge in [-0.25, -0.2) is 4.98 Å². The third kappa shape index (κ3) is 5.17. The summed E-state index contributed by atoms with van der Waals surface area (Å²) in [5, 5.41) is 1.74. The second-order valence-electron chi connectivity index (χ2n) is 5.85. The van der Waals surface area contributed by atoms with Gasteiger partial charge in [0.2, 0.25) is 0 Å². The fourth-order valence-electron chi connectivity index (χ4n) is 2.39. The summed E-state index contributed by atoms with van der Waals surface area (Å²) in [5.74, 6) is 2.14. The zero-order chi connectivity index (χ0) is 17.8. The van der Waals surface area contributed by atoms with Crippen LogP contribution in [0.4, 0.5) is 0 Å². The van der Waals surface area contributed by atoms with E-state index in [9.17, 15) is 4.79 Å². The molecule has 8 heteroatoms. The first-order valence-electron chi connectivity index (χ1n) is 7.88. The molecule has 0 aliphatic carbocycles. The van der Waals surface area contributed by atoms with Gasteiger partial charge < -0.3 is 14.5 Å². The minimum absolute atomic E-state index is 0.130. The van der Waals surface area contributed by atoms with Gasteiger partial charge in [-0.15, -0.1) is 0 Å². The molecule has 0 amide bonds. The molecule has 1 aliphatic rings. The van der Waals surface area contributed by atoms with Crippen molar-refractivity contribution >= 4 is 35.1 Å². The molecule has 1 aliphatic heterocycles. The summed E-state index contributed by atoms with van der Waals surface area (Å²) < 4.78 is 10.9. The van der Waals surface area contributed by atoms with Crippen LogP contribution in [0.3, 0.4) is 0 Å². The standard InChI is InChI=1S/C17H19ClN2O3S2/c1-10(2)24-8-14-5-15(21)20-17(19-14)25-7-12-4-13(18)3-11-6-22-9-23-16(11)12/h3-5,10H,6-9H2,1-2H3,(H,19,20,21). The van der Waals surface area contributed by atoms with Gasteiger partial charge in [0.15, 0.2) is 11.9 Å². The smallest absolute Gasteiger partial charge is 0.251 e. The molecule has 0 bridgehead atoms. The van der Waals surface area contributed by atoms with E-state index in [1.54, 1.807) is 17.8 Å². The Morgan fingerprint density at radius 1 is 1.32 bits per heavy atom. The van der Waals surface area contributed by atoms with Gasteiger partial charge in [-0.05, 0) is 17.4 Å². The third-order valence-electron chi connectivity index (χ3n) is 3.45. The van der Waals surface area contributed by atoms with E-state index in [4.69, 9.17) is 21.1 Å². The predicted molar refractivity (Wildman–Crippen MR) is 103 cm³/mol. The van der Waals surface area contributed by atoms with Crippen LogP contribution in [-0.4, -0.2) is 22.0 Å². The average molecular weight is 399 g/mol. The summed E-state index contributed by atoms with van der Waals surface area (Å²) in [6.45, 7) is 4.98. The summed E-state index contributed by atoms with van der Waals surface area (Å²) in [5.41, 5.74) is 2.58. The molecule has 5 nitrogen and oxygen atoms in total. The van der Waals surface area contributed by atoms with E-state index in [-0.39, 0.29) is 12.4 Å². The maximum absolute atomic E-state index is 11.9. The topological polar surface area (TPSA) is 64.2 Å². The van der Waals surface area contributed by atoms with E-state index < -0.39 is 0 Å². The lowest BCUT2D eigenvalue weighted by molar-refractivity contribution is -0.0168. The van der Waals surface area contributed by atoms with Crippen LogP contribution in [0.2, 0.25) is 5.02 Å². The van der Waals surface area contributed by atoms with Crippen LogP contribution in [0.15, 0.2) is 28.2 Å². The van der Waals surface area contributed by atoms with E-state index in [1.807, 2.05) is 12.1 Å². The molecule has 0 fully saturated rings. The molecule has 1 N–H and O–H groups in total. The van der Waals surface area contributed by atoms with Crippen LogP contribution >= 0.6 is 35.1 Å². The van der Waals surface area contributed by atoms with Crippen molar-refractivity contribution in [2.24, 2.45) is 0 Å². The molecule has 1 aromatic carbocycles. The maximum atomic E-state index is 11.9. The van der Waals surface area contributed by atoms with E-state index in [0.29, 0.717) is 27.8 Å². The number of hydrogen-bond donors (Lipinski definition) is 1. The predicted octanol–water partition coefficient (Wildman–Crippen LogP) is 4.22. The molecular weight excluding hydrogens is 380 g/mol. The number of aromatic amines is 1. The van der Waals surface area contributed by atoms with Crippen LogP contribution in [-0.2, 0) is 22.8 Å². The lowest BCUT2D eigenvalue weighted by Crippen LogP contribution is -2.13. The zero-order valence-electron chi connectivity index (χ0n) is 14.0. The Hall–Kier alpha value is -1.15. The second-order valence-corrected chi connectivity index (χ2v) is 8.82. The van der Waals surface area contributed by atoms with Crippen molar-refractivity contribution in [2.75, 3.05) is 6.79 Å². The number of nitrogens with one attached hydrogen (secondary N) is 1. The van der Waals surface area contributed by atoms with Crippen LogP contribution < -0.4 is 10.3 Å². The summed E-state index contributed by atoms with van der Waals surface area (Å²) in [6.07, 6.45) is 0. The van der Waals surface area contributed by atoms with Crippen LogP contribution in [0.1, 0.15) is 30.7 Å². The second kappa shape index (κ2) is 8.49. The molecule has 0 atom stereocenters. The number of ether oxygens (including phenoxy) is 2. The number of aromatic nitrogens is 2. The number of fused-ring (bicyclic) bond motifs is 1. The van der Waals surface area contributed by atoms with E-state index in [0.717, 1.165) is 28.3 Å². The van der Waals surface area contributed by atoms with Crippen molar-refractivity contribution in [3.8, 4) is 5.75 Å². The number of halogens is 1. The number of hydrogen-bond acceptors (Lipinski definition) is 6. The highest BCUT2D eigenvalue weighted by Gasteiger charge is 2.17. The Labute approximate surface area is 159 Å². The highest BCUT2D eigenvalue weighted by Crippen LogP contribution is 2.34. The highest BCUT2D eigenvalue weighted by molar-refractivity contribution is 7.99. The number of nitrogens with zero attached hydrogens (tertiary/aromatic N) is 1. The number of benzene rings is 1. The first-order valence-corrected chi connectivity index (χ1v) is 10.3. The lowest BCUT2D eigenvalue weighted by atomic mass is 10.1. The van der Waals surface area contributed by atoms with Crippen molar-refractivity contribution in [3.63, 3.8) is 0 Å². The lowest BCUT2D eigenvalue weighted by Gasteiger charge is -2.21. The van der Waals surface area contributed by atoms with Crippen molar-refractivity contribution in [1.29, 1.82) is 0 Å². The summed E-state index contributed by atoms with van der Waals surface area (Å²) in [7, 11) is 0. The van der Waals surface area contributed by atoms with Crippen LogP contribution in [0.5, 0.6) is 5.75 Å². The zero-order valence-corrected chi connectivity index (χ0v) is 16.4. The van der Waals surface area contributed by atoms with Gasteiger partial charge in [0.1, 0.15) is 5.75 Å².